The van der Waals surface area contributed by atoms with Crippen LogP contribution in [0.4, 0.5) is 5.95 Å². The largest absolute Gasteiger partial charge is 0.369 e. The third-order valence-corrected chi connectivity index (χ3v) is 2.94. The molecule has 18 heavy (non-hydrogen) atoms. The van der Waals surface area contributed by atoms with Gasteiger partial charge in [0.1, 0.15) is 5.52 Å². The second-order valence-corrected chi connectivity index (χ2v) is 4.17. The maximum absolute atomic E-state index is 5.94. The highest BCUT2D eigenvalue weighted by atomic mass is 15.4. The quantitative estimate of drug-likeness (QED) is 0.699. The number of imidazole rings is 1. The van der Waals surface area contributed by atoms with Crippen molar-refractivity contribution in [2.24, 2.45) is 7.05 Å². The lowest BCUT2D eigenvalue weighted by Crippen LogP contribution is -2.12. The zero-order chi connectivity index (χ0) is 12.7. The van der Waals surface area contributed by atoms with Gasteiger partial charge in [-0.1, -0.05) is 5.21 Å². The molecule has 0 saturated heterocycles. The van der Waals surface area contributed by atoms with Crippen LogP contribution in [0.1, 0.15) is 5.69 Å². The van der Waals surface area contributed by atoms with Gasteiger partial charge in [-0.3, -0.25) is 13.9 Å². The van der Waals surface area contributed by atoms with Crippen molar-refractivity contribution in [1.29, 1.82) is 0 Å². The molecule has 0 aromatic carbocycles. The van der Waals surface area contributed by atoms with Crippen molar-refractivity contribution >= 4 is 17.1 Å². The van der Waals surface area contributed by atoms with Gasteiger partial charge in [0.2, 0.25) is 5.95 Å². The Hall–Kier alpha value is -2.38. The molecule has 0 aliphatic carbocycles. The van der Waals surface area contributed by atoms with E-state index in [1.54, 1.807) is 15.6 Å². The lowest BCUT2D eigenvalue weighted by atomic mass is 10.4. The number of rotatable bonds is 3. The van der Waals surface area contributed by atoms with E-state index in [0.717, 1.165) is 16.9 Å². The number of nitrogens with zero attached hydrogens (tertiary/aromatic N) is 7. The van der Waals surface area contributed by atoms with E-state index in [0.29, 0.717) is 19.0 Å². The Labute approximate surface area is 103 Å². The first-order valence-corrected chi connectivity index (χ1v) is 5.66. The van der Waals surface area contributed by atoms with Gasteiger partial charge in [0, 0.05) is 19.8 Å². The molecule has 2 N–H and O–H groups in total. The predicted octanol–water partition coefficient (Wildman–Crippen LogP) is -0.0479. The lowest BCUT2D eigenvalue weighted by Gasteiger charge is -2.06. The molecule has 94 valence electrons. The highest BCUT2D eigenvalue weighted by Crippen LogP contribution is 2.20. The molecule has 3 heterocycles. The number of hydrogen-bond donors (Lipinski definition) is 1. The Morgan fingerprint density at radius 1 is 1.33 bits per heavy atom. The first-order valence-electron chi connectivity index (χ1n) is 5.66. The summed E-state index contributed by atoms with van der Waals surface area (Å²) >= 11 is 0. The van der Waals surface area contributed by atoms with Crippen LogP contribution in [0.2, 0.25) is 0 Å². The maximum Gasteiger partial charge on any atom is 0.202 e. The fraction of sp³-hybridized carbons (Fsp3) is 0.400. The van der Waals surface area contributed by atoms with Crippen LogP contribution in [0.5, 0.6) is 0 Å². The number of fused-ring (bicyclic) bond motifs is 1. The summed E-state index contributed by atoms with van der Waals surface area (Å²) in [5, 5.41) is 12.0. The maximum atomic E-state index is 5.94. The summed E-state index contributed by atoms with van der Waals surface area (Å²) in [7, 11) is 1.89. The molecule has 0 bridgehead atoms. The van der Waals surface area contributed by atoms with Gasteiger partial charge in [0.15, 0.2) is 5.65 Å². The van der Waals surface area contributed by atoms with Crippen LogP contribution < -0.4 is 5.73 Å². The van der Waals surface area contributed by atoms with Crippen LogP contribution in [0, 0.1) is 6.92 Å². The van der Waals surface area contributed by atoms with Crippen LogP contribution in [-0.2, 0) is 20.1 Å². The summed E-state index contributed by atoms with van der Waals surface area (Å²) in [4.78, 5) is 4.35. The summed E-state index contributed by atoms with van der Waals surface area (Å²) in [5.74, 6) is 0.501. The van der Waals surface area contributed by atoms with Gasteiger partial charge < -0.3 is 5.73 Å². The monoisotopic (exact) mass is 246 g/mol. The first kappa shape index (κ1) is 10.8. The molecule has 0 saturated carbocycles. The van der Waals surface area contributed by atoms with Gasteiger partial charge in [0.25, 0.3) is 0 Å². The number of nitrogen functional groups attached to an aromatic ring is 1. The van der Waals surface area contributed by atoms with Gasteiger partial charge >= 0.3 is 0 Å². The minimum Gasteiger partial charge on any atom is -0.369 e. The molecular formula is C10H14N8. The molecule has 0 aliphatic rings. The molecule has 0 fully saturated rings. The fourth-order valence-electron chi connectivity index (χ4n) is 2.13. The molecule has 0 spiro atoms. The van der Waals surface area contributed by atoms with Crippen molar-refractivity contribution in [3.63, 3.8) is 0 Å². The highest BCUT2D eigenvalue weighted by Gasteiger charge is 2.15. The van der Waals surface area contributed by atoms with Crippen LogP contribution in [-0.4, -0.2) is 34.3 Å². The van der Waals surface area contributed by atoms with Gasteiger partial charge in [0.05, 0.1) is 18.4 Å². The number of nitrogens with two attached hydrogens (primary N) is 1. The number of hydrogen-bond acceptors (Lipinski definition) is 5. The van der Waals surface area contributed by atoms with E-state index < -0.39 is 0 Å². The van der Waals surface area contributed by atoms with Gasteiger partial charge in [-0.25, -0.2) is 4.98 Å². The Bertz CT molecular complexity index is 674. The molecule has 0 amide bonds. The van der Waals surface area contributed by atoms with E-state index in [2.05, 4.69) is 20.4 Å². The molecule has 8 heteroatoms. The van der Waals surface area contributed by atoms with Crippen molar-refractivity contribution in [2.45, 2.75) is 20.0 Å². The fourth-order valence-corrected chi connectivity index (χ4v) is 2.13. The topological polar surface area (TPSA) is 92.4 Å². The van der Waals surface area contributed by atoms with E-state index in [9.17, 15) is 0 Å². The summed E-state index contributed by atoms with van der Waals surface area (Å²) in [6.45, 7) is 3.31. The van der Waals surface area contributed by atoms with Crippen LogP contribution in [0.25, 0.3) is 11.2 Å². The average molecular weight is 246 g/mol. The number of aryl methyl sites for hydroxylation is 4. The van der Waals surface area contributed by atoms with E-state index in [1.165, 1.54) is 0 Å². The van der Waals surface area contributed by atoms with Gasteiger partial charge in [-0.05, 0) is 6.92 Å². The lowest BCUT2D eigenvalue weighted by molar-refractivity contribution is 0.523. The van der Waals surface area contributed by atoms with Crippen LogP contribution >= 0.6 is 0 Å². The summed E-state index contributed by atoms with van der Waals surface area (Å²) in [5.41, 5.74) is 8.62. The molecule has 3 rings (SSSR count). The summed E-state index contributed by atoms with van der Waals surface area (Å²) < 4.78 is 5.50. The minimum absolute atomic E-state index is 0.501. The Morgan fingerprint density at radius 3 is 2.89 bits per heavy atom. The molecule has 3 aromatic heterocycles. The zero-order valence-electron chi connectivity index (χ0n) is 10.3. The van der Waals surface area contributed by atoms with Crippen molar-refractivity contribution in [3.05, 3.63) is 18.1 Å². The molecule has 0 unspecified atom stereocenters. The molecular weight excluding hydrogens is 232 g/mol. The number of aromatic nitrogens is 7. The Balaban J connectivity index is 1.98. The molecule has 8 nitrogen and oxygen atoms in total. The van der Waals surface area contributed by atoms with Crippen LogP contribution in [0.3, 0.4) is 0 Å². The molecule has 0 radical (unpaired) electrons. The Kier molecular flexibility index (Phi) is 2.29. The van der Waals surface area contributed by atoms with Gasteiger partial charge in [-0.15, -0.1) is 5.10 Å². The van der Waals surface area contributed by atoms with Crippen molar-refractivity contribution < 1.29 is 0 Å². The second kappa shape index (κ2) is 3.83. The molecule has 3 aromatic rings. The van der Waals surface area contributed by atoms with E-state index in [4.69, 9.17) is 5.73 Å². The van der Waals surface area contributed by atoms with Crippen LogP contribution in [0.15, 0.2) is 12.4 Å². The standard InChI is InChI=1S/C10H14N8/c1-7-8-9(16(2)14-7)18(10(11)13-8)6-5-17-4-3-12-15-17/h3-4H,5-6H2,1-2H3,(H2,11,13). The first-order chi connectivity index (χ1) is 8.66. The van der Waals surface area contributed by atoms with E-state index >= 15 is 0 Å². The van der Waals surface area contributed by atoms with Crippen molar-refractivity contribution in [1.82, 2.24) is 34.3 Å². The third kappa shape index (κ3) is 1.53. The van der Waals surface area contributed by atoms with Crippen molar-refractivity contribution in [3.8, 4) is 0 Å². The van der Waals surface area contributed by atoms with E-state index in [1.807, 2.05) is 24.7 Å². The average Bonchev–Trinajstić information content (AvgIpc) is 2.98. The molecule has 0 atom stereocenters. The molecule has 0 aliphatic heterocycles. The smallest absolute Gasteiger partial charge is 0.202 e. The zero-order valence-corrected chi connectivity index (χ0v) is 10.3. The summed E-state index contributed by atoms with van der Waals surface area (Å²) in [6, 6.07) is 0. The number of anilines is 1. The second-order valence-electron chi connectivity index (χ2n) is 4.17. The third-order valence-electron chi connectivity index (χ3n) is 2.94. The predicted molar refractivity (Wildman–Crippen MR) is 65.7 cm³/mol. The Morgan fingerprint density at radius 2 is 2.17 bits per heavy atom. The minimum atomic E-state index is 0.501. The normalized spacial score (nSPS) is 11.4. The highest BCUT2D eigenvalue weighted by molar-refractivity contribution is 5.77. The van der Waals surface area contributed by atoms with Gasteiger partial charge in [-0.2, -0.15) is 5.10 Å². The van der Waals surface area contributed by atoms with E-state index in [-0.39, 0.29) is 0 Å². The van der Waals surface area contributed by atoms with Crippen molar-refractivity contribution in [2.75, 3.05) is 5.73 Å². The summed E-state index contributed by atoms with van der Waals surface area (Å²) in [6.07, 6.45) is 3.47. The SMILES string of the molecule is Cc1nn(C)c2c1nc(N)n2CCn1ccnn1.